The molecule has 3 rings (SSSR count). The van der Waals surface area contributed by atoms with Crippen LogP contribution in [-0.2, 0) is 6.54 Å². The maximum absolute atomic E-state index is 12.3. The predicted octanol–water partition coefficient (Wildman–Crippen LogP) is 2.06. The van der Waals surface area contributed by atoms with Gasteiger partial charge in [-0.2, -0.15) is 0 Å². The van der Waals surface area contributed by atoms with E-state index in [9.17, 15) is 9.59 Å². The molecule has 122 valence electrons. The zero-order valence-electron chi connectivity index (χ0n) is 13.3. The molecule has 6 nitrogen and oxygen atoms in total. The number of carbonyl (C=O) groups excluding carboxylic acids is 1. The van der Waals surface area contributed by atoms with E-state index in [2.05, 4.69) is 15.3 Å². The SMILES string of the molecule is C[C@H](Cn1ccnc1)NC(=O)c1ccc(-c2ccccc2)[nH]c1=O. The van der Waals surface area contributed by atoms with Crippen LogP contribution in [0.1, 0.15) is 17.3 Å². The van der Waals surface area contributed by atoms with Crippen LogP contribution in [0.3, 0.4) is 0 Å². The number of nitrogens with zero attached hydrogens (tertiary/aromatic N) is 2. The Morgan fingerprint density at radius 1 is 1.25 bits per heavy atom. The molecule has 1 atom stereocenters. The van der Waals surface area contributed by atoms with Crippen molar-refractivity contribution in [2.75, 3.05) is 0 Å². The summed E-state index contributed by atoms with van der Waals surface area (Å²) in [6.07, 6.45) is 5.19. The van der Waals surface area contributed by atoms with Gasteiger partial charge in [0.15, 0.2) is 0 Å². The Bertz CT molecular complexity index is 870. The van der Waals surface area contributed by atoms with Crippen LogP contribution in [0.5, 0.6) is 0 Å². The Morgan fingerprint density at radius 2 is 2.04 bits per heavy atom. The Morgan fingerprint density at radius 3 is 2.71 bits per heavy atom. The molecule has 0 aliphatic heterocycles. The van der Waals surface area contributed by atoms with Crippen LogP contribution >= 0.6 is 0 Å². The van der Waals surface area contributed by atoms with Crippen molar-refractivity contribution in [3.05, 3.63) is 77.1 Å². The number of amides is 1. The van der Waals surface area contributed by atoms with E-state index in [0.29, 0.717) is 12.2 Å². The van der Waals surface area contributed by atoms with Crippen molar-refractivity contribution in [3.63, 3.8) is 0 Å². The van der Waals surface area contributed by atoms with Crippen molar-refractivity contribution in [2.45, 2.75) is 19.5 Å². The second kappa shape index (κ2) is 6.95. The van der Waals surface area contributed by atoms with Crippen molar-refractivity contribution < 1.29 is 4.79 Å². The number of nitrogens with one attached hydrogen (secondary N) is 2. The second-order valence-corrected chi connectivity index (χ2v) is 5.61. The number of pyridine rings is 1. The number of imidazole rings is 1. The number of H-pyrrole nitrogens is 1. The standard InChI is InChI=1S/C18H18N4O2/c1-13(11-22-10-9-19-12-22)20-17(23)15-7-8-16(21-18(15)24)14-5-3-2-4-6-14/h2-10,12-13H,11H2,1H3,(H,20,23)(H,21,24)/t13-/m1/s1. The van der Waals surface area contributed by atoms with Gasteiger partial charge in [0.25, 0.3) is 11.5 Å². The van der Waals surface area contributed by atoms with E-state index < -0.39 is 5.56 Å². The molecular weight excluding hydrogens is 304 g/mol. The molecule has 2 N–H and O–H groups in total. The fourth-order valence-electron chi connectivity index (χ4n) is 2.50. The van der Waals surface area contributed by atoms with E-state index in [1.807, 2.05) is 48.0 Å². The van der Waals surface area contributed by atoms with Gasteiger partial charge in [-0.3, -0.25) is 9.59 Å². The molecule has 0 radical (unpaired) electrons. The van der Waals surface area contributed by atoms with E-state index in [-0.39, 0.29) is 17.5 Å². The Kier molecular flexibility index (Phi) is 4.56. The van der Waals surface area contributed by atoms with E-state index >= 15 is 0 Å². The molecule has 0 saturated carbocycles. The quantitative estimate of drug-likeness (QED) is 0.754. The first-order valence-electron chi connectivity index (χ1n) is 7.69. The molecule has 0 unspecified atom stereocenters. The minimum atomic E-state index is -0.399. The topological polar surface area (TPSA) is 79.8 Å². The van der Waals surface area contributed by atoms with Crippen molar-refractivity contribution in [1.82, 2.24) is 19.9 Å². The maximum atomic E-state index is 12.3. The summed E-state index contributed by atoms with van der Waals surface area (Å²) in [5, 5.41) is 2.83. The first-order valence-corrected chi connectivity index (χ1v) is 7.69. The zero-order valence-corrected chi connectivity index (χ0v) is 13.3. The van der Waals surface area contributed by atoms with Gasteiger partial charge in [-0.05, 0) is 24.6 Å². The molecule has 0 spiro atoms. The van der Waals surface area contributed by atoms with Gasteiger partial charge in [-0.25, -0.2) is 4.98 Å². The molecule has 2 aromatic heterocycles. The number of aromatic nitrogens is 3. The van der Waals surface area contributed by atoms with Gasteiger partial charge in [0.05, 0.1) is 6.33 Å². The fraction of sp³-hybridized carbons (Fsp3) is 0.167. The normalized spacial score (nSPS) is 11.9. The largest absolute Gasteiger partial charge is 0.348 e. The molecule has 0 bridgehead atoms. The number of benzene rings is 1. The molecule has 6 heteroatoms. The fourth-order valence-corrected chi connectivity index (χ4v) is 2.50. The first kappa shape index (κ1) is 15.7. The molecule has 0 saturated heterocycles. The van der Waals surface area contributed by atoms with Gasteiger partial charge in [0.2, 0.25) is 0 Å². The lowest BCUT2D eigenvalue weighted by atomic mass is 10.1. The van der Waals surface area contributed by atoms with E-state index in [1.165, 1.54) is 0 Å². The average molecular weight is 322 g/mol. The van der Waals surface area contributed by atoms with Crippen LogP contribution in [0.2, 0.25) is 0 Å². The van der Waals surface area contributed by atoms with Gasteiger partial charge in [-0.15, -0.1) is 0 Å². The highest BCUT2D eigenvalue weighted by Crippen LogP contribution is 2.14. The summed E-state index contributed by atoms with van der Waals surface area (Å²) in [6.45, 7) is 2.47. The minimum absolute atomic E-state index is 0.104. The number of aromatic amines is 1. The van der Waals surface area contributed by atoms with Crippen LogP contribution in [0, 0.1) is 0 Å². The van der Waals surface area contributed by atoms with Crippen LogP contribution in [-0.4, -0.2) is 26.5 Å². The third-order valence-electron chi connectivity index (χ3n) is 3.66. The third kappa shape index (κ3) is 3.60. The average Bonchev–Trinajstić information content (AvgIpc) is 3.08. The van der Waals surface area contributed by atoms with Crippen molar-refractivity contribution in [1.29, 1.82) is 0 Å². The first-order chi connectivity index (χ1) is 11.6. The van der Waals surface area contributed by atoms with Gasteiger partial charge in [-0.1, -0.05) is 30.3 Å². The summed E-state index contributed by atoms with van der Waals surface area (Å²) < 4.78 is 1.87. The monoisotopic (exact) mass is 322 g/mol. The Balaban J connectivity index is 1.72. The van der Waals surface area contributed by atoms with Gasteiger partial charge in [0.1, 0.15) is 5.56 Å². The van der Waals surface area contributed by atoms with E-state index in [4.69, 9.17) is 0 Å². The van der Waals surface area contributed by atoms with Crippen molar-refractivity contribution >= 4 is 5.91 Å². The molecule has 3 aromatic rings. The van der Waals surface area contributed by atoms with E-state index in [0.717, 1.165) is 5.56 Å². The molecule has 0 aliphatic rings. The summed E-state index contributed by atoms with van der Waals surface area (Å²) in [5.41, 5.74) is 1.29. The van der Waals surface area contributed by atoms with Gasteiger partial charge < -0.3 is 14.9 Å². The summed E-state index contributed by atoms with van der Waals surface area (Å²) in [6, 6.07) is 12.7. The molecule has 1 amide bonds. The molecule has 0 aliphatic carbocycles. The number of carbonyl (C=O) groups is 1. The number of hydrogen-bond acceptors (Lipinski definition) is 3. The molecular formula is C18H18N4O2. The highest BCUT2D eigenvalue weighted by molar-refractivity contribution is 5.94. The van der Waals surface area contributed by atoms with Crippen LogP contribution in [0.4, 0.5) is 0 Å². The van der Waals surface area contributed by atoms with Crippen molar-refractivity contribution in [2.24, 2.45) is 0 Å². The highest BCUT2D eigenvalue weighted by Gasteiger charge is 2.14. The highest BCUT2D eigenvalue weighted by atomic mass is 16.2. The van der Waals surface area contributed by atoms with Crippen molar-refractivity contribution in [3.8, 4) is 11.3 Å². The lowest BCUT2D eigenvalue weighted by Crippen LogP contribution is -2.38. The molecule has 24 heavy (non-hydrogen) atoms. The van der Waals surface area contributed by atoms with Crippen LogP contribution in [0.25, 0.3) is 11.3 Å². The maximum Gasteiger partial charge on any atom is 0.261 e. The molecule has 2 heterocycles. The smallest absolute Gasteiger partial charge is 0.261 e. The van der Waals surface area contributed by atoms with Gasteiger partial charge >= 0.3 is 0 Å². The lowest BCUT2D eigenvalue weighted by Gasteiger charge is -2.14. The summed E-state index contributed by atoms with van der Waals surface area (Å²) in [5.74, 6) is -0.386. The predicted molar refractivity (Wildman–Crippen MR) is 91.7 cm³/mol. The Hall–Kier alpha value is -3.15. The summed E-state index contributed by atoms with van der Waals surface area (Å²) in [7, 11) is 0. The summed E-state index contributed by atoms with van der Waals surface area (Å²) in [4.78, 5) is 31.2. The number of rotatable bonds is 5. The molecule has 0 fully saturated rings. The second-order valence-electron chi connectivity index (χ2n) is 5.61. The minimum Gasteiger partial charge on any atom is -0.348 e. The van der Waals surface area contributed by atoms with E-state index in [1.54, 1.807) is 24.7 Å². The van der Waals surface area contributed by atoms with Crippen LogP contribution in [0.15, 0.2) is 66.0 Å². The van der Waals surface area contributed by atoms with Crippen LogP contribution < -0.4 is 10.9 Å². The zero-order chi connectivity index (χ0) is 16.9. The van der Waals surface area contributed by atoms with Gasteiger partial charge in [0, 0.05) is 30.7 Å². The number of hydrogen-bond donors (Lipinski definition) is 2. The lowest BCUT2D eigenvalue weighted by molar-refractivity contribution is 0.0935. The summed E-state index contributed by atoms with van der Waals surface area (Å²) >= 11 is 0. The Labute approximate surface area is 139 Å². The third-order valence-corrected chi connectivity index (χ3v) is 3.66. The molecule has 1 aromatic carbocycles.